The topological polar surface area (TPSA) is 64.3 Å². The van der Waals surface area contributed by atoms with E-state index in [2.05, 4.69) is 5.32 Å². The number of rotatable bonds is 8. The molecular formula is C15H25ClN2O2. The van der Waals surface area contributed by atoms with Crippen LogP contribution in [-0.2, 0) is 11.2 Å². The molecule has 0 aliphatic rings. The van der Waals surface area contributed by atoms with Gasteiger partial charge in [0.1, 0.15) is 5.75 Å². The summed E-state index contributed by atoms with van der Waals surface area (Å²) in [5.41, 5.74) is 6.74. The molecular weight excluding hydrogens is 276 g/mol. The zero-order chi connectivity index (χ0) is 14.1. The third kappa shape index (κ3) is 7.36. The van der Waals surface area contributed by atoms with Crippen molar-refractivity contribution in [3.63, 3.8) is 0 Å². The highest BCUT2D eigenvalue weighted by Gasteiger charge is 2.05. The second kappa shape index (κ2) is 10.5. The van der Waals surface area contributed by atoms with Crippen LogP contribution in [0.2, 0.25) is 0 Å². The van der Waals surface area contributed by atoms with Gasteiger partial charge in [-0.3, -0.25) is 4.79 Å². The summed E-state index contributed by atoms with van der Waals surface area (Å²) in [6.45, 7) is 5.15. The van der Waals surface area contributed by atoms with Crippen molar-refractivity contribution in [2.24, 2.45) is 5.73 Å². The van der Waals surface area contributed by atoms with Crippen LogP contribution in [0.1, 0.15) is 32.3 Å². The number of halogens is 1. The summed E-state index contributed by atoms with van der Waals surface area (Å²) in [5.74, 6) is 0.959. The number of amides is 1. The highest BCUT2D eigenvalue weighted by atomic mass is 35.5. The van der Waals surface area contributed by atoms with Crippen molar-refractivity contribution in [2.45, 2.75) is 39.2 Å². The Labute approximate surface area is 127 Å². The summed E-state index contributed by atoms with van der Waals surface area (Å²) >= 11 is 0. The largest absolute Gasteiger partial charge is 0.494 e. The van der Waals surface area contributed by atoms with E-state index in [9.17, 15) is 4.79 Å². The van der Waals surface area contributed by atoms with Crippen LogP contribution in [-0.4, -0.2) is 25.1 Å². The Morgan fingerprint density at radius 3 is 2.75 bits per heavy atom. The SMILES string of the molecule is CCOc1ccccc1CCNC(=O)CCC(C)N.Cl. The van der Waals surface area contributed by atoms with Crippen molar-refractivity contribution in [3.05, 3.63) is 29.8 Å². The van der Waals surface area contributed by atoms with Gasteiger partial charge < -0.3 is 15.8 Å². The van der Waals surface area contributed by atoms with Gasteiger partial charge in [0.05, 0.1) is 6.61 Å². The summed E-state index contributed by atoms with van der Waals surface area (Å²) < 4.78 is 5.54. The van der Waals surface area contributed by atoms with E-state index < -0.39 is 0 Å². The molecule has 0 fully saturated rings. The monoisotopic (exact) mass is 300 g/mol. The van der Waals surface area contributed by atoms with Gasteiger partial charge in [0, 0.05) is 19.0 Å². The number of nitrogens with two attached hydrogens (primary N) is 1. The minimum Gasteiger partial charge on any atom is -0.494 e. The third-order valence-electron chi connectivity index (χ3n) is 2.82. The second-order valence-electron chi connectivity index (χ2n) is 4.66. The molecule has 1 rings (SSSR count). The molecule has 1 atom stereocenters. The van der Waals surface area contributed by atoms with Gasteiger partial charge in [0.2, 0.25) is 5.91 Å². The quantitative estimate of drug-likeness (QED) is 0.774. The summed E-state index contributed by atoms with van der Waals surface area (Å²) in [7, 11) is 0. The van der Waals surface area contributed by atoms with Crippen LogP contribution in [0, 0.1) is 0 Å². The summed E-state index contributed by atoms with van der Waals surface area (Å²) in [6, 6.07) is 7.99. The van der Waals surface area contributed by atoms with E-state index in [0.29, 0.717) is 19.6 Å². The Bertz CT molecular complexity index is 397. The molecule has 5 heteroatoms. The van der Waals surface area contributed by atoms with Gasteiger partial charge in [-0.15, -0.1) is 12.4 Å². The van der Waals surface area contributed by atoms with E-state index in [1.165, 1.54) is 0 Å². The molecule has 1 aromatic carbocycles. The Morgan fingerprint density at radius 1 is 1.40 bits per heavy atom. The average Bonchev–Trinajstić information content (AvgIpc) is 2.39. The standard InChI is InChI=1S/C15H24N2O2.ClH/c1-3-19-14-7-5-4-6-13(14)10-11-17-15(18)9-8-12(2)16;/h4-7,12H,3,8-11,16H2,1-2H3,(H,17,18);1H. The van der Waals surface area contributed by atoms with Crippen molar-refractivity contribution < 1.29 is 9.53 Å². The first-order chi connectivity index (χ1) is 9.13. The Hall–Kier alpha value is -1.26. The molecule has 0 heterocycles. The Balaban J connectivity index is 0.00000361. The Morgan fingerprint density at radius 2 is 2.10 bits per heavy atom. The maximum absolute atomic E-state index is 11.6. The number of carbonyl (C=O) groups excluding carboxylic acids is 1. The van der Waals surface area contributed by atoms with Gasteiger partial charge in [-0.1, -0.05) is 18.2 Å². The van der Waals surface area contributed by atoms with Crippen LogP contribution < -0.4 is 15.8 Å². The normalized spacial score (nSPS) is 11.3. The zero-order valence-electron chi connectivity index (χ0n) is 12.2. The van der Waals surface area contributed by atoms with E-state index in [0.717, 1.165) is 24.2 Å². The highest BCUT2D eigenvalue weighted by molar-refractivity contribution is 5.85. The van der Waals surface area contributed by atoms with Gasteiger partial charge in [0.15, 0.2) is 0 Å². The van der Waals surface area contributed by atoms with E-state index in [1.54, 1.807) is 0 Å². The number of ether oxygens (including phenoxy) is 1. The molecule has 0 aromatic heterocycles. The number of nitrogens with one attached hydrogen (secondary N) is 1. The molecule has 0 aliphatic heterocycles. The van der Waals surface area contributed by atoms with Gasteiger partial charge in [0.25, 0.3) is 0 Å². The molecule has 0 radical (unpaired) electrons. The molecule has 0 bridgehead atoms. The number of carbonyl (C=O) groups is 1. The van der Waals surface area contributed by atoms with Crippen LogP contribution in [0.15, 0.2) is 24.3 Å². The summed E-state index contributed by atoms with van der Waals surface area (Å²) in [6.07, 6.45) is 1.99. The average molecular weight is 301 g/mol. The van der Waals surface area contributed by atoms with Gasteiger partial charge in [-0.25, -0.2) is 0 Å². The van der Waals surface area contributed by atoms with Gasteiger partial charge in [-0.2, -0.15) is 0 Å². The Kier molecular flexibility index (Phi) is 9.86. The first kappa shape index (κ1) is 18.7. The van der Waals surface area contributed by atoms with Crippen LogP contribution in [0.25, 0.3) is 0 Å². The number of benzene rings is 1. The van der Waals surface area contributed by atoms with E-state index in [4.69, 9.17) is 10.5 Å². The minimum absolute atomic E-state index is 0. The fourth-order valence-electron chi connectivity index (χ4n) is 1.79. The predicted molar refractivity (Wildman–Crippen MR) is 84.5 cm³/mol. The fraction of sp³-hybridized carbons (Fsp3) is 0.533. The predicted octanol–water partition coefficient (Wildman–Crippen LogP) is 2.29. The van der Waals surface area contributed by atoms with E-state index in [-0.39, 0.29) is 24.4 Å². The molecule has 0 saturated heterocycles. The molecule has 4 nitrogen and oxygen atoms in total. The molecule has 0 aliphatic carbocycles. The highest BCUT2D eigenvalue weighted by Crippen LogP contribution is 2.17. The molecule has 0 saturated carbocycles. The molecule has 3 N–H and O–H groups in total. The van der Waals surface area contributed by atoms with Gasteiger partial charge in [-0.05, 0) is 38.3 Å². The number of hydrogen-bond acceptors (Lipinski definition) is 3. The van der Waals surface area contributed by atoms with Crippen LogP contribution in [0.4, 0.5) is 0 Å². The molecule has 20 heavy (non-hydrogen) atoms. The lowest BCUT2D eigenvalue weighted by atomic mass is 10.1. The first-order valence-corrected chi connectivity index (χ1v) is 6.86. The maximum Gasteiger partial charge on any atom is 0.220 e. The number of hydrogen-bond donors (Lipinski definition) is 2. The first-order valence-electron chi connectivity index (χ1n) is 6.86. The van der Waals surface area contributed by atoms with E-state index >= 15 is 0 Å². The molecule has 1 unspecified atom stereocenters. The van der Waals surface area contributed by atoms with Crippen molar-refractivity contribution in [3.8, 4) is 5.75 Å². The molecule has 0 spiro atoms. The van der Waals surface area contributed by atoms with Crippen molar-refractivity contribution in [2.75, 3.05) is 13.2 Å². The second-order valence-corrected chi connectivity index (χ2v) is 4.66. The van der Waals surface area contributed by atoms with E-state index in [1.807, 2.05) is 38.1 Å². The fourth-order valence-corrected chi connectivity index (χ4v) is 1.79. The minimum atomic E-state index is 0. The number of para-hydroxylation sites is 1. The lowest BCUT2D eigenvalue weighted by Crippen LogP contribution is -2.27. The van der Waals surface area contributed by atoms with Crippen molar-refractivity contribution in [1.29, 1.82) is 0 Å². The van der Waals surface area contributed by atoms with Crippen molar-refractivity contribution in [1.82, 2.24) is 5.32 Å². The maximum atomic E-state index is 11.6. The molecule has 1 amide bonds. The van der Waals surface area contributed by atoms with Crippen LogP contribution in [0.3, 0.4) is 0 Å². The van der Waals surface area contributed by atoms with Crippen molar-refractivity contribution >= 4 is 18.3 Å². The lowest BCUT2D eigenvalue weighted by Gasteiger charge is -2.11. The smallest absolute Gasteiger partial charge is 0.220 e. The summed E-state index contributed by atoms with van der Waals surface area (Å²) in [4.78, 5) is 11.6. The zero-order valence-corrected chi connectivity index (χ0v) is 13.0. The molecule has 114 valence electrons. The third-order valence-corrected chi connectivity index (χ3v) is 2.82. The van der Waals surface area contributed by atoms with Gasteiger partial charge >= 0.3 is 0 Å². The lowest BCUT2D eigenvalue weighted by molar-refractivity contribution is -0.121. The molecule has 1 aromatic rings. The van der Waals surface area contributed by atoms with Crippen LogP contribution in [0.5, 0.6) is 5.75 Å². The van der Waals surface area contributed by atoms with Crippen LogP contribution >= 0.6 is 12.4 Å². The summed E-state index contributed by atoms with van der Waals surface area (Å²) in [5, 5.41) is 2.91.